The van der Waals surface area contributed by atoms with Gasteiger partial charge in [0, 0.05) is 6.54 Å². The molecule has 0 aromatic heterocycles. The summed E-state index contributed by atoms with van der Waals surface area (Å²) in [6.07, 6.45) is -5.05. The number of carboxylic acids is 1. The van der Waals surface area contributed by atoms with E-state index in [0.29, 0.717) is 13.5 Å². The highest BCUT2D eigenvalue weighted by Crippen LogP contribution is 2.31. The third kappa shape index (κ3) is 2.58. The van der Waals surface area contributed by atoms with Gasteiger partial charge in [-0.1, -0.05) is 6.92 Å². The Morgan fingerprint density at radius 1 is 1.33 bits per heavy atom. The van der Waals surface area contributed by atoms with Gasteiger partial charge in [0.2, 0.25) is 11.4 Å². The molecule has 0 aliphatic carbocycles. The van der Waals surface area contributed by atoms with Crippen LogP contribution in [0, 0.1) is 11.8 Å². The number of hydrogen-bond acceptors (Lipinski definition) is 3. The molecule has 0 saturated carbocycles. The lowest BCUT2D eigenvalue weighted by Gasteiger charge is -2.30. The summed E-state index contributed by atoms with van der Waals surface area (Å²) in [6.45, 7) is 2.94. The van der Waals surface area contributed by atoms with Gasteiger partial charge >= 0.3 is 12.1 Å². The molecule has 1 rings (SSSR count). The summed E-state index contributed by atoms with van der Waals surface area (Å²) in [6, 6.07) is 0. The van der Waals surface area contributed by atoms with E-state index in [9.17, 15) is 22.8 Å². The van der Waals surface area contributed by atoms with Crippen LogP contribution in [0.3, 0.4) is 0 Å². The predicted molar refractivity (Wildman–Crippen MR) is 55.8 cm³/mol. The Kier molecular flexibility index (Phi) is 3.89. The average Bonchev–Trinajstić information content (AvgIpc) is 2.62. The van der Waals surface area contributed by atoms with E-state index in [2.05, 4.69) is 5.32 Å². The largest absolute Gasteiger partial charge is 0.479 e. The molecule has 1 aliphatic heterocycles. The first kappa shape index (κ1) is 14.7. The molecule has 0 spiro atoms. The Balaban J connectivity index is 2.86. The van der Waals surface area contributed by atoms with E-state index in [1.54, 1.807) is 12.2 Å². The molecule has 1 amide bonds. The zero-order chi connectivity index (χ0) is 14.1. The normalized spacial score (nSPS) is 27.6. The summed E-state index contributed by atoms with van der Waals surface area (Å²) in [5.41, 5.74) is -3.26. The molecule has 1 aliphatic rings. The number of rotatable bonds is 3. The van der Waals surface area contributed by atoms with Crippen molar-refractivity contribution >= 4 is 11.9 Å². The van der Waals surface area contributed by atoms with Gasteiger partial charge in [0.05, 0.1) is 5.92 Å². The second kappa shape index (κ2) is 4.75. The third-order valence-electron chi connectivity index (χ3n) is 3.22. The van der Waals surface area contributed by atoms with E-state index >= 15 is 0 Å². The predicted octanol–water partition coefficient (Wildman–Crippen LogP) is 0.364. The zero-order valence-corrected chi connectivity index (χ0v) is 9.97. The lowest BCUT2D eigenvalue weighted by molar-refractivity contribution is -0.207. The second-order valence-corrected chi connectivity index (χ2v) is 4.66. The Morgan fingerprint density at radius 2 is 1.89 bits per heavy atom. The topological polar surface area (TPSA) is 78.4 Å². The van der Waals surface area contributed by atoms with Crippen LogP contribution >= 0.6 is 0 Å². The maximum Gasteiger partial charge on any atom is 0.422 e. The first-order chi connectivity index (χ1) is 8.09. The van der Waals surface area contributed by atoms with Gasteiger partial charge in [-0.2, -0.15) is 13.2 Å². The van der Waals surface area contributed by atoms with E-state index < -0.39 is 29.5 Å². The fourth-order valence-corrected chi connectivity index (χ4v) is 1.75. The smallest absolute Gasteiger partial charge is 0.422 e. The number of aliphatic carboxylic acids is 1. The summed E-state index contributed by atoms with van der Waals surface area (Å²) in [4.78, 5) is 22.5. The van der Waals surface area contributed by atoms with Crippen LogP contribution < -0.4 is 10.6 Å². The van der Waals surface area contributed by atoms with E-state index in [0.717, 1.165) is 0 Å². The molecule has 3 unspecified atom stereocenters. The fourth-order valence-electron chi connectivity index (χ4n) is 1.75. The van der Waals surface area contributed by atoms with Crippen LogP contribution in [-0.4, -0.2) is 41.8 Å². The molecule has 0 aromatic carbocycles. The Labute approximate surface area is 102 Å². The van der Waals surface area contributed by atoms with Crippen molar-refractivity contribution in [3.05, 3.63) is 0 Å². The number of hydrogen-bond donors (Lipinski definition) is 3. The second-order valence-electron chi connectivity index (χ2n) is 4.66. The number of amides is 1. The van der Waals surface area contributed by atoms with Gasteiger partial charge in [0.1, 0.15) is 0 Å². The Morgan fingerprint density at radius 3 is 2.22 bits per heavy atom. The molecule has 0 aromatic rings. The van der Waals surface area contributed by atoms with Crippen LogP contribution in [0.25, 0.3) is 0 Å². The van der Waals surface area contributed by atoms with Gasteiger partial charge in [-0.15, -0.1) is 0 Å². The van der Waals surface area contributed by atoms with Crippen molar-refractivity contribution in [2.45, 2.75) is 25.6 Å². The van der Waals surface area contributed by atoms with Gasteiger partial charge in [-0.05, 0) is 19.4 Å². The minimum atomic E-state index is -5.05. The molecule has 5 nitrogen and oxygen atoms in total. The van der Waals surface area contributed by atoms with Crippen molar-refractivity contribution in [2.24, 2.45) is 11.8 Å². The van der Waals surface area contributed by atoms with E-state index in [4.69, 9.17) is 5.11 Å². The molecule has 104 valence electrons. The molecule has 1 saturated heterocycles. The lowest BCUT2D eigenvalue weighted by Crippen LogP contribution is -2.63. The number of carboxylic acid groups (broad SMARTS) is 1. The lowest BCUT2D eigenvalue weighted by atomic mass is 9.94. The van der Waals surface area contributed by atoms with Crippen LogP contribution in [0.4, 0.5) is 13.2 Å². The fraction of sp³-hybridized carbons (Fsp3) is 0.800. The maximum atomic E-state index is 12.7. The van der Waals surface area contributed by atoms with Crippen LogP contribution in [0.1, 0.15) is 13.8 Å². The highest BCUT2D eigenvalue weighted by Gasteiger charge is 2.59. The average molecular weight is 268 g/mol. The standard InChI is InChI=1S/C10H15F3N2O3/c1-5-3-14-4-6(5)7(16)15-9(2,8(17)18)10(11,12)13/h5-6,14H,3-4H2,1-2H3,(H,15,16)(H,17,18). The summed E-state index contributed by atoms with van der Waals surface area (Å²) in [5.74, 6) is -3.79. The minimum Gasteiger partial charge on any atom is -0.479 e. The summed E-state index contributed by atoms with van der Waals surface area (Å²) < 4.78 is 38.1. The van der Waals surface area contributed by atoms with E-state index in [1.807, 2.05) is 0 Å². The number of halogens is 3. The first-order valence-electron chi connectivity index (χ1n) is 5.42. The molecule has 8 heteroatoms. The molecule has 0 bridgehead atoms. The number of carbonyl (C=O) groups is 2. The van der Waals surface area contributed by atoms with Gasteiger partial charge in [-0.3, -0.25) is 4.79 Å². The van der Waals surface area contributed by atoms with Crippen molar-refractivity contribution < 1.29 is 27.9 Å². The molecule has 0 radical (unpaired) electrons. The number of carbonyl (C=O) groups excluding carboxylic acids is 1. The number of alkyl halides is 3. The molecular weight excluding hydrogens is 253 g/mol. The van der Waals surface area contributed by atoms with Crippen molar-refractivity contribution in [2.75, 3.05) is 13.1 Å². The van der Waals surface area contributed by atoms with Crippen molar-refractivity contribution in [1.82, 2.24) is 10.6 Å². The maximum absolute atomic E-state index is 12.7. The summed E-state index contributed by atoms with van der Waals surface area (Å²) in [7, 11) is 0. The third-order valence-corrected chi connectivity index (χ3v) is 3.22. The van der Waals surface area contributed by atoms with E-state index in [1.165, 1.54) is 0 Å². The molecule has 18 heavy (non-hydrogen) atoms. The van der Waals surface area contributed by atoms with Gasteiger partial charge in [-0.25, -0.2) is 4.79 Å². The van der Waals surface area contributed by atoms with Crippen molar-refractivity contribution in [3.8, 4) is 0 Å². The van der Waals surface area contributed by atoms with Crippen LogP contribution in [0.5, 0.6) is 0 Å². The molecule has 1 heterocycles. The monoisotopic (exact) mass is 268 g/mol. The number of nitrogens with one attached hydrogen (secondary N) is 2. The molecule has 3 atom stereocenters. The molecule has 1 fully saturated rings. The van der Waals surface area contributed by atoms with Gasteiger partial charge in [0.15, 0.2) is 0 Å². The Bertz CT molecular complexity index is 359. The van der Waals surface area contributed by atoms with E-state index in [-0.39, 0.29) is 12.5 Å². The minimum absolute atomic E-state index is 0.128. The molecule has 3 N–H and O–H groups in total. The van der Waals surface area contributed by atoms with Crippen molar-refractivity contribution in [1.29, 1.82) is 0 Å². The highest BCUT2D eigenvalue weighted by molar-refractivity contribution is 5.88. The van der Waals surface area contributed by atoms with Crippen molar-refractivity contribution in [3.63, 3.8) is 0 Å². The zero-order valence-electron chi connectivity index (χ0n) is 9.97. The SMILES string of the molecule is CC1CNCC1C(=O)NC(C)(C(=O)O)C(F)(F)F. The quantitative estimate of drug-likeness (QED) is 0.690. The summed E-state index contributed by atoms with van der Waals surface area (Å²) >= 11 is 0. The highest BCUT2D eigenvalue weighted by atomic mass is 19.4. The summed E-state index contributed by atoms with van der Waals surface area (Å²) in [5, 5.41) is 13.1. The van der Waals surface area contributed by atoms with Crippen LogP contribution in [0.2, 0.25) is 0 Å². The van der Waals surface area contributed by atoms with Gasteiger partial charge in [0.25, 0.3) is 0 Å². The first-order valence-corrected chi connectivity index (χ1v) is 5.42. The van der Waals surface area contributed by atoms with Gasteiger partial charge < -0.3 is 15.7 Å². The van der Waals surface area contributed by atoms with Crippen LogP contribution in [-0.2, 0) is 9.59 Å². The Hall–Kier alpha value is -1.31. The van der Waals surface area contributed by atoms with Crippen LogP contribution in [0.15, 0.2) is 0 Å². The molecular formula is C10H15F3N2O3.